The Morgan fingerprint density at radius 3 is 2.69 bits per heavy atom. The molecule has 1 saturated carbocycles. The quantitative estimate of drug-likeness (QED) is 0.699. The van der Waals surface area contributed by atoms with E-state index in [1.807, 2.05) is 28.9 Å². The average Bonchev–Trinajstić information content (AvgIpc) is 3.41. The van der Waals surface area contributed by atoms with Gasteiger partial charge in [0.05, 0.1) is 12.2 Å². The third-order valence-electron chi connectivity index (χ3n) is 4.55. The van der Waals surface area contributed by atoms with Crippen LogP contribution in [0.15, 0.2) is 35.7 Å². The van der Waals surface area contributed by atoms with Crippen molar-refractivity contribution in [1.82, 2.24) is 0 Å². The van der Waals surface area contributed by atoms with Crippen molar-refractivity contribution >= 4 is 28.2 Å². The highest BCUT2D eigenvalue weighted by molar-refractivity contribution is 7.15. The normalized spacial score (nSPS) is 14.7. The van der Waals surface area contributed by atoms with Crippen molar-refractivity contribution < 1.29 is 19.6 Å². The first kappa shape index (κ1) is 18.6. The molecule has 0 bridgehead atoms. The Kier molecular flexibility index (Phi) is 6.06. The number of hydrogen-bond donors (Lipinski definition) is 2. The second kappa shape index (κ2) is 8.47. The summed E-state index contributed by atoms with van der Waals surface area (Å²) in [5.41, 5.74) is 2.74. The predicted molar refractivity (Wildman–Crippen MR) is 103 cm³/mol. The maximum atomic E-state index is 12.4. The van der Waals surface area contributed by atoms with Crippen molar-refractivity contribution in [2.45, 2.75) is 38.6 Å². The van der Waals surface area contributed by atoms with Crippen LogP contribution in [0.2, 0.25) is 0 Å². The molecule has 1 aromatic carbocycles. The Morgan fingerprint density at radius 1 is 1.31 bits per heavy atom. The lowest BCUT2D eigenvalue weighted by Gasteiger charge is -2.11. The molecule has 0 unspecified atom stereocenters. The van der Waals surface area contributed by atoms with E-state index in [4.69, 9.17) is 4.74 Å². The Balaban J connectivity index is 1.63. The van der Waals surface area contributed by atoms with Crippen molar-refractivity contribution in [1.29, 1.82) is 0 Å². The number of ether oxygens (including phenoxy) is 1. The minimum atomic E-state index is -0.340. The van der Waals surface area contributed by atoms with Gasteiger partial charge in [-0.1, -0.05) is 30.3 Å². The molecule has 3 rings (SSSR count). The molecular weight excluding hydrogens is 348 g/mol. The molecule has 1 atom stereocenters. The zero-order valence-corrected chi connectivity index (χ0v) is 16.0. The van der Waals surface area contributed by atoms with Gasteiger partial charge in [-0.05, 0) is 43.6 Å². The van der Waals surface area contributed by atoms with Crippen LogP contribution < -0.4 is 10.6 Å². The van der Waals surface area contributed by atoms with Gasteiger partial charge in [0.1, 0.15) is 11.0 Å². The standard InChI is InChI=1S/C20H24N2O3S/c1-3-25-20(24)18-16(15-9-10-15)12-26-19(18)22-17(23)11-21-13(2)14-7-5-4-6-8-14/h4-8,12-13,15,21H,3,9-11H2,1-2H3,(H,22,23)/p+1/t13-/m0/s1. The summed E-state index contributed by atoms with van der Waals surface area (Å²) in [7, 11) is 0. The average molecular weight is 373 g/mol. The first-order valence-corrected chi connectivity index (χ1v) is 9.94. The van der Waals surface area contributed by atoms with Gasteiger partial charge >= 0.3 is 5.97 Å². The molecule has 3 N–H and O–H groups in total. The zero-order valence-electron chi connectivity index (χ0n) is 15.2. The number of amides is 1. The number of benzene rings is 1. The van der Waals surface area contributed by atoms with Crippen LogP contribution in [0, 0.1) is 0 Å². The number of nitrogens with one attached hydrogen (secondary N) is 1. The van der Waals surface area contributed by atoms with Crippen LogP contribution in [-0.4, -0.2) is 25.0 Å². The second-order valence-corrected chi connectivity index (χ2v) is 7.46. The largest absolute Gasteiger partial charge is 0.462 e. The summed E-state index contributed by atoms with van der Waals surface area (Å²) in [6, 6.07) is 10.3. The van der Waals surface area contributed by atoms with E-state index in [1.165, 1.54) is 16.9 Å². The highest BCUT2D eigenvalue weighted by Gasteiger charge is 2.32. The topological polar surface area (TPSA) is 72.0 Å². The second-order valence-electron chi connectivity index (χ2n) is 6.58. The fraction of sp³-hybridized carbons (Fsp3) is 0.400. The molecule has 1 fully saturated rings. The Morgan fingerprint density at radius 2 is 2.04 bits per heavy atom. The fourth-order valence-corrected chi connectivity index (χ4v) is 3.97. The number of rotatable bonds is 8. The Hall–Kier alpha value is -2.18. The number of carbonyl (C=O) groups is 2. The molecule has 0 spiro atoms. The monoisotopic (exact) mass is 373 g/mol. The van der Waals surface area contributed by atoms with Crippen LogP contribution >= 0.6 is 11.3 Å². The first-order chi connectivity index (χ1) is 12.6. The molecule has 6 heteroatoms. The van der Waals surface area contributed by atoms with Gasteiger partial charge in [0, 0.05) is 5.56 Å². The molecule has 1 aliphatic rings. The summed E-state index contributed by atoms with van der Waals surface area (Å²) in [5.74, 6) is -0.0175. The van der Waals surface area contributed by atoms with Gasteiger partial charge < -0.3 is 15.4 Å². The fourth-order valence-electron chi connectivity index (χ4n) is 2.93. The molecular formula is C20H25N2O3S+. The van der Waals surface area contributed by atoms with Gasteiger partial charge in [-0.25, -0.2) is 4.79 Å². The highest BCUT2D eigenvalue weighted by atomic mass is 32.1. The third-order valence-corrected chi connectivity index (χ3v) is 5.46. The summed E-state index contributed by atoms with van der Waals surface area (Å²) in [5, 5.41) is 7.49. The van der Waals surface area contributed by atoms with Crippen molar-refractivity contribution in [2.75, 3.05) is 18.5 Å². The van der Waals surface area contributed by atoms with Crippen molar-refractivity contribution in [3.8, 4) is 0 Å². The number of quaternary nitrogens is 1. The van der Waals surface area contributed by atoms with Gasteiger partial charge in [0.15, 0.2) is 6.54 Å². The first-order valence-electron chi connectivity index (χ1n) is 9.06. The third kappa shape index (κ3) is 4.51. The van der Waals surface area contributed by atoms with Crippen molar-refractivity contribution in [3.63, 3.8) is 0 Å². The van der Waals surface area contributed by atoms with Crippen molar-refractivity contribution in [2.24, 2.45) is 0 Å². The number of carbonyl (C=O) groups excluding carboxylic acids is 2. The molecule has 0 aliphatic heterocycles. The smallest absolute Gasteiger partial charge is 0.341 e. The number of thiophene rings is 1. The molecule has 26 heavy (non-hydrogen) atoms. The molecule has 138 valence electrons. The summed E-state index contributed by atoms with van der Waals surface area (Å²) >= 11 is 1.41. The molecule has 2 aromatic rings. The van der Waals surface area contributed by atoms with E-state index in [0.29, 0.717) is 29.6 Å². The lowest BCUT2D eigenvalue weighted by Crippen LogP contribution is -2.86. The van der Waals surface area contributed by atoms with E-state index in [0.717, 1.165) is 18.4 Å². The van der Waals surface area contributed by atoms with E-state index in [2.05, 4.69) is 24.4 Å². The Bertz CT molecular complexity index is 769. The number of hydrogen-bond acceptors (Lipinski definition) is 4. The minimum Gasteiger partial charge on any atom is -0.462 e. The summed E-state index contributed by atoms with van der Waals surface area (Å²) in [6.45, 7) is 4.49. The van der Waals surface area contributed by atoms with Crippen LogP contribution in [0.1, 0.15) is 60.1 Å². The van der Waals surface area contributed by atoms with Crippen LogP contribution in [0.25, 0.3) is 0 Å². The van der Waals surface area contributed by atoms with E-state index in [1.54, 1.807) is 6.92 Å². The lowest BCUT2D eigenvalue weighted by molar-refractivity contribution is -0.682. The molecule has 5 nitrogen and oxygen atoms in total. The van der Waals surface area contributed by atoms with Gasteiger partial charge in [-0.2, -0.15) is 0 Å². The summed E-state index contributed by atoms with van der Waals surface area (Å²) in [6.07, 6.45) is 2.19. The van der Waals surface area contributed by atoms with Gasteiger partial charge in [-0.3, -0.25) is 4.79 Å². The van der Waals surface area contributed by atoms with Gasteiger partial charge in [0.25, 0.3) is 5.91 Å². The van der Waals surface area contributed by atoms with E-state index in [9.17, 15) is 9.59 Å². The molecule has 1 aromatic heterocycles. The van der Waals surface area contributed by atoms with Crippen LogP contribution in [0.3, 0.4) is 0 Å². The SMILES string of the molecule is CCOC(=O)c1c(C2CC2)csc1NC(=O)C[NH2+][C@@H](C)c1ccccc1. The molecule has 1 heterocycles. The molecule has 0 saturated heterocycles. The molecule has 0 radical (unpaired) electrons. The van der Waals surface area contributed by atoms with Crippen LogP contribution in [0.4, 0.5) is 5.00 Å². The van der Waals surface area contributed by atoms with Crippen LogP contribution in [-0.2, 0) is 9.53 Å². The van der Waals surface area contributed by atoms with E-state index >= 15 is 0 Å². The maximum Gasteiger partial charge on any atom is 0.341 e. The highest BCUT2D eigenvalue weighted by Crippen LogP contribution is 2.46. The van der Waals surface area contributed by atoms with Gasteiger partial charge in [-0.15, -0.1) is 11.3 Å². The summed E-state index contributed by atoms with van der Waals surface area (Å²) < 4.78 is 5.19. The zero-order chi connectivity index (χ0) is 18.5. The molecule has 1 amide bonds. The predicted octanol–water partition coefficient (Wildman–Crippen LogP) is 3.07. The Labute approximate surface area is 157 Å². The number of nitrogens with two attached hydrogens (primary N) is 1. The maximum absolute atomic E-state index is 12.4. The van der Waals surface area contributed by atoms with Gasteiger partial charge in [0.2, 0.25) is 0 Å². The van der Waals surface area contributed by atoms with E-state index in [-0.39, 0.29) is 17.9 Å². The van der Waals surface area contributed by atoms with E-state index < -0.39 is 0 Å². The van der Waals surface area contributed by atoms with Crippen LogP contribution in [0.5, 0.6) is 0 Å². The minimum absolute atomic E-state index is 0.109. The van der Waals surface area contributed by atoms with Crippen molar-refractivity contribution in [3.05, 3.63) is 52.4 Å². The summed E-state index contributed by atoms with van der Waals surface area (Å²) in [4.78, 5) is 24.7. The molecule has 1 aliphatic carbocycles. The number of esters is 1. The number of anilines is 1. The lowest BCUT2D eigenvalue weighted by atomic mass is 10.1.